The van der Waals surface area contributed by atoms with E-state index >= 15 is 0 Å². The minimum absolute atomic E-state index is 0.307. The highest BCUT2D eigenvalue weighted by molar-refractivity contribution is 7.14. The average Bonchev–Trinajstić information content (AvgIpc) is 2.87. The molecule has 114 valence electrons. The van der Waals surface area contributed by atoms with E-state index in [1.807, 2.05) is 6.07 Å². The van der Waals surface area contributed by atoms with Gasteiger partial charge in [-0.15, -0.1) is 17.9 Å². The second-order valence-corrected chi connectivity index (χ2v) is 6.63. The summed E-state index contributed by atoms with van der Waals surface area (Å²) in [5.41, 5.74) is 1.26. The van der Waals surface area contributed by atoms with Gasteiger partial charge in [-0.25, -0.2) is 4.79 Å². The van der Waals surface area contributed by atoms with Crippen LogP contribution in [0.3, 0.4) is 0 Å². The molecule has 1 aliphatic carbocycles. The maximum atomic E-state index is 12.1. The first kappa shape index (κ1) is 15.8. The molecule has 1 aromatic rings. The van der Waals surface area contributed by atoms with E-state index in [1.54, 1.807) is 13.0 Å². The number of aryl methyl sites for hydroxylation is 1. The molecule has 21 heavy (non-hydrogen) atoms. The maximum absolute atomic E-state index is 12.1. The maximum Gasteiger partial charge on any atom is 0.349 e. The van der Waals surface area contributed by atoms with Crippen molar-refractivity contribution >= 4 is 23.2 Å². The third-order valence-electron chi connectivity index (χ3n) is 3.60. The first-order chi connectivity index (χ1) is 10.0. The van der Waals surface area contributed by atoms with Gasteiger partial charge < -0.3 is 10.1 Å². The third kappa shape index (κ3) is 3.94. The zero-order chi connectivity index (χ0) is 15.4. The fraction of sp³-hybridized carbons (Fsp3) is 0.500. The van der Waals surface area contributed by atoms with E-state index in [9.17, 15) is 9.59 Å². The van der Waals surface area contributed by atoms with Gasteiger partial charge in [0.15, 0.2) is 6.10 Å². The predicted molar refractivity (Wildman–Crippen MR) is 83.6 cm³/mol. The molecule has 0 saturated heterocycles. The quantitative estimate of drug-likeness (QED) is 0.672. The monoisotopic (exact) mass is 307 g/mol. The summed E-state index contributed by atoms with van der Waals surface area (Å²) in [7, 11) is 0. The van der Waals surface area contributed by atoms with Gasteiger partial charge in [0.25, 0.3) is 5.91 Å². The molecule has 0 spiro atoms. The summed E-state index contributed by atoms with van der Waals surface area (Å²) in [6.07, 6.45) is 4.01. The van der Waals surface area contributed by atoms with Gasteiger partial charge in [0.1, 0.15) is 4.88 Å². The van der Waals surface area contributed by atoms with Crippen molar-refractivity contribution in [1.82, 2.24) is 5.32 Å². The molecule has 4 nitrogen and oxygen atoms in total. The standard InChI is InChI=1S/C16H21NO3S/c1-4-7-17-15(18)11(3)20-16(19)14-9-12-8-10(2)5-6-13(12)21-14/h4,9-11H,1,5-8H2,2-3H3,(H,17,18)/t10-,11+/m1/s1. The van der Waals surface area contributed by atoms with Crippen LogP contribution in [0.2, 0.25) is 0 Å². The average molecular weight is 307 g/mol. The Morgan fingerprint density at radius 2 is 2.38 bits per heavy atom. The van der Waals surface area contributed by atoms with E-state index < -0.39 is 12.1 Å². The van der Waals surface area contributed by atoms with Crippen LogP contribution < -0.4 is 5.32 Å². The molecule has 0 fully saturated rings. The van der Waals surface area contributed by atoms with Crippen molar-refractivity contribution in [3.63, 3.8) is 0 Å². The topological polar surface area (TPSA) is 55.4 Å². The van der Waals surface area contributed by atoms with Crippen molar-refractivity contribution in [1.29, 1.82) is 0 Å². The molecule has 1 N–H and O–H groups in total. The summed E-state index contributed by atoms with van der Waals surface area (Å²) in [4.78, 5) is 25.7. The molecular formula is C16H21NO3S. The number of ether oxygens (including phenoxy) is 1. The number of thiophene rings is 1. The Labute approximate surface area is 129 Å². The van der Waals surface area contributed by atoms with Crippen LogP contribution in [0.5, 0.6) is 0 Å². The van der Waals surface area contributed by atoms with E-state index in [2.05, 4.69) is 18.8 Å². The van der Waals surface area contributed by atoms with Crippen molar-refractivity contribution in [3.05, 3.63) is 34.0 Å². The zero-order valence-electron chi connectivity index (χ0n) is 12.5. The van der Waals surface area contributed by atoms with E-state index in [4.69, 9.17) is 4.74 Å². The Morgan fingerprint density at radius 1 is 1.62 bits per heavy atom. The second kappa shape index (κ2) is 6.89. The summed E-state index contributed by atoms with van der Waals surface area (Å²) in [5.74, 6) is -0.0546. The van der Waals surface area contributed by atoms with Gasteiger partial charge in [0.05, 0.1) is 0 Å². The minimum atomic E-state index is -0.796. The molecule has 5 heteroatoms. The van der Waals surface area contributed by atoms with Gasteiger partial charge in [-0.2, -0.15) is 0 Å². The van der Waals surface area contributed by atoms with Gasteiger partial charge in [-0.3, -0.25) is 4.79 Å². The third-order valence-corrected chi connectivity index (χ3v) is 4.82. The van der Waals surface area contributed by atoms with Crippen LogP contribution >= 0.6 is 11.3 Å². The zero-order valence-corrected chi connectivity index (χ0v) is 13.3. The molecule has 1 amide bonds. The Balaban J connectivity index is 1.97. The molecule has 1 heterocycles. The van der Waals surface area contributed by atoms with Crippen molar-refractivity contribution in [2.75, 3.05) is 6.54 Å². The van der Waals surface area contributed by atoms with Crippen LogP contribution in [-0.4, -0.2) is 24.5 Å². The summed E-state index contributed by atoms with van der Waals surface area (Å²) < 4.78 is 5.22. The van der Waals surface area contributed by atoms with Crippen molar-refractivity contribution < 1.29 is 14.3 Å². The number of amides is 1. The second-order valence-electron chi connectivity index (χ2n) is 5.49. The lowest BCUT2D eigenvalue weighted by atomic mass is 9.90. The lowest BCUT2D eigenvalue weighted by molar-refractivity contribution is -0.128. The first-order valence-corrected chi connectivity index (χ1v) is 8.04. The lowest BCUT2D eigenvalue weighted by Crippen LogP contribution is -2.35. The lowest BCUT2D eigenvalue weighted by Gasteiger charge is -2.16. The fourth-order valence-corrected chi connectivity index (χ4v) is 3.49. The number of carbonyl (C=O) groups excluding carboxylic acids is 2. The summed E-state index contributed by atoms with van der Waals surface area (Å²) in [5, 5.41) is 2.61. The SMILES string of the molecule is C=CCNC(=O)[C@H](C)OC(=O)c1cc2c(s1)CC[C@@H](C)C2. The molecule has 2 atom stereocenters. The summed E-state index contributed by atoms with van der Waals surface area (Å²) in [6.45, 7) is 7.69. The molecule has 1 aliphatic rings. The summed E-state index contributed by atoms with van der Waals surface area (Å²) >= 11 is 1.49. The van der Waals surface area contributed by atoms with Crippen LogP contribution in [0.15, 0.2) is 18.7 Å². The number of rotatable bonds is 5. The highest BCUT2D eigenvalue weighted by atomic mass is 32.1. The Kier molecular flexibility index (Phi) is 5.17. The van der Waals surface area contributed by atoms with Crippen molar-refractivity contribution in [3.8, 4) is 0 Å². The van der Waals surface area contributed by atoms with E-state index in [0.717, 1.165) is 12.8 Å². The Bertz CT molecular complexity index is 550. The molecule has 0 unspecified atom stereocenters. The smallest absolute Gasteiger partial charge is 0.349 e. The van der Waals surface area contributed by atoms with E-state index in [0.29, 0.717) is 17.3 Å². The van der Waals surface area contributed by atoms with Crippen LogP contribution in [0.4, 0.5) is 0 Å². The van der Waals surface area contributed by atoms with Crippen LogP contribution in [0.1, 0.15) is 40.4 Å². The van der Waals surface area contributed by atoms with Crippen molar-refractivity contribution in [2.45, 2.75) is 39.2 Å². The van der Waals surface area contributed by atoms with Crippen LogP contribution in [0.25, 0.3) is 0 Å². The van der Waals surface area contributed by atoms with Gasteiger partial charge in [-0.1, -0.05) is 13.0 Å². The highest BCUT2D eigenvalue weighted by Gasteiger charge is 2.23. The number of hydrogen-bond donors (Lipinski definition) is 1. The van der Waals surface area contributed by atoms with Gasteiger partial charge in [0, 0.05) is 11.4 Å². The number of hydrogen-bond acceptors (Lipinski definition) is 4. The van der Waals surface area contributed by atoms with Crippen molar-refractivity contribution in [2.24, 2.45) is 5.92 Å². The first-order valence-electron chi connectivity index (χ1n) is 7.22. The molecule has 0 aliphatic heterocycles. The molecule has 0 aromatic carbocycles. The number of fused-ring (bicyclic) bond motifs is 1. The molecule has 2 rings (SSSR count). The molecule has 1 aromatic heterocycles. The van der Waals surface area contributed by atoms with Gasteiger partial charge in [0.2, 0.25) is 0 Å². The Hall–Kier alpha value is -1.62. The minimum Gasteiger partial charge on any atom is -0.448 e. The van der Waals surface area contributed by atoms with E-state index in [-0.39, 0.29) is 5.91 Å². The number of esters is 1. The molecular weight excluding hydrogens is 286 g/mol. The highest BCUT2D eigenvalue weighted by Crippen LogP contribution is 2.32. The normalized spacial score (nSPS) is 18.5. The largest absolute Gasteiger partial charge is 0.448 e. The fourth-order valence-electron chi connectivity index (χ4n) is 2.40. The predicted octanol–water partition coefficient (Wildman–Crippen LogP) is 2.72. The number of carbonyl (C=O) groups is 2. The van der Waals surface area contributed by atoms with Gasteiger partial charge in [-0.05, 0) is 43.7 Å². The number of nitrogens with one attached hydrogen (secondary N) is 1. The van der Waals surface area contributed by atoms with Crippen LogP contribution in [-0.2, 0) is 22.4 Å². The molecule has 0 saturated carbocycles. The Morgan fingerprint density at radius 3 is 3.10 bits per heavy atom. The van der Waals surface area contributed by atoms with Crippen LogP contribution in [0, 0.1) is 5.92 Å². The molecule has 0 bridgehead atoms. The van der Waals surface area contributed by atoms with E-state index in [1.165, 1.54) is 28.2 Å². The molecule has 0 radical (unpaired) electrons. The van der Waals surface area contributed by atoms with Gasteiger partial charge >= 0.3 is 5.97 Å². The summed E-state index contributed by atoms with van der Waals surface area (Å²) in [6, 6.07) is 1.92.